The van der Waals surface area contributed by atoms with Crippen LogP contribution in [-0.4, -0.2) is 28.1 Å². The number of hydrogen-bond donors (Lipinski definition) is 1. The average molecular weight is 480 g/mol. The Kier molecular flexibility index (Phi) is 5.61. The number of Topliss-reactive ketones (excluding diaryl/α,β-unsaturated/α-hetero) is 1. The van der Waals surface area contributed by atoms with Crippen LogP contribution in [0.1, 0.15) is 41.6 Å². The highest BCUT2D eigenvalue weighted by Gasteiger charge is 2.27. The molecule has 1 heterocycles. The van der Waals surface area contributed by atoms with E-state index < -0.39 is 12.6 Å². The number of ketones is 1. The van der Waals surface area contributed by atoms with Gasteiger partial charge in [0.1, 0.15) is 11.8 Å². The van der Waals surface area contributed by atoms with E-state index in [1.165, 1.54) is 0 Å². The van der Waals surface area contributed by atoms with Crippen molar-refractivity contribution in [3.05, 3.63) is 52.3 Å². The van der Waals surface area contributed by atoms with Crippen molar-refractivity contribution < 1.29 is 18.0 Å². The minimum Gasteiger partial charge on any atom is -0.383 e. The van der Waals surface area contributed by atoms with E-state index in [1.807, 2.05) is 35.8 Å². The number of carbonyl (C=O) groups is 1. The SMILES string of the molecule is Cc1cc(-n2cnc3c(NCCC(F)(F)F)cc(Br)cc32)ccc1C(=O)CC1CC1. The van der Waals surface area contributed by atoms with Crippen LogP contribution in [-0.2, 0) is 0 Å². The lowest BCUT2D eigenvalue weighted by Gasteiger charge is -2.12. The molecular weight excluding hydrogens is 459 g/mol. The third-order valence-electron chi connectivity index (χ3n) is 5.30. The van der Waals surface area contributed by atoms with E-state index in [4.69, 9.17) is 0 Å². The number of aromatic nitrogens is 2. The number of carbonyl (C=O) groups excluding carboxylic acids is 1. The summed E-state index contributed by atoms with van der Waals surface area (Å²) >= 11 is 3.43. The van der Waals surface area contributed by atoms with E-state index in [0.717, 1.165) is 39.6 Å². The van der Waals surface area contributed by atoms with Crippen LogP contribution in [0.2, 0.25) is 0 Å². The van der Waals surface area contributed by atoms with Gasteiger partial charge in [0.15, 0.2) is 5.78 Å². The summed E-state index contributed by atoms with van der Waals surface area (Å²) < 4.78 is 40.1. The topological polar surface area (TPSA) is 46.9 Å². The Morgan fingerprint density at radius 3 is 2.70 bits per heavy atom. The van der Waals surface area contributed by atoms with Gasteiger partial charge in [0, 0.05) is 28.7 Å². The van der Waals surface area contributed by atoms with Crippen LogP contribution < -0.4 is 5.32 Å². The van der Waals surface area contributed by atoms with Crippen molar-refractivity contribution in [3.63, 3.8) is 0 Å². The lowest BCUT2D eigenvalue weighted by Crippen LogP contribution is -2.14. The Morgan fingerprint density at radius 2 is 2.03 bits per heavy atom. The Labute approximate surface area is 180 Å². The maximum atomic E-state index is 12.5. The summed E-state index contributed by atoms with van der Waals surface area (Å²) in [4.78, 5) is 16.9. The number of hydrogen-bond acceptors (Lipinski definition) is 3. The molecule has 158 valence electrons. The van der Waals surface area contributed by atoms with E-state index in [-0.39, 0.29) is 12.3 Å². The van der Waals surface area contributed by atoms with Gasteiger partial charge in [0.05, 0.1) is 17.6 Å². The van der Waals surface area contributed by atoms with Gasteiger partial charge < -0.3 is 5.32 Å². The minimum atomic E-state index is -4.21. The summed E-state index contributed by atoms with van der Waals surface area (Å²) in [6, 6.07) is 9.27. The van der Waals surface area contributed by atoms with Crippen LogP contribution in [0.25, 0.3) is 16.7 Å². The largest absolute Gasteiger partial charge is 0.390 e. The number of alkyl halides is 3. The zero-order valence-electron chi connectivity index (χ0n) is 16.4. The quantitative estimate of drug-likeness (QED) is 0.396. The molecule has 1 N–H and O–H groups in total. The van der Waals surface area contributed by atoms with Gasteiger partial charge in [0.25, 0.3) is 0 Å². The molecule has 2 aromatic carbocycles. The molecule has 1 fully saturated rings. The molecule has 3 aromatic rings. The molecule has 0 unspecified atom stereocenters. The van der Waals surface area contributed by atoms with Gasteiger partial charge in [-0.15, -0.1) is 0 Å². The first-order valence-corrected chi connectivity index (χ1v) is 10.6. The fourth-order valence-electron chi connectivity index (χ4n) is 3.57. The highest BCUT2D eigenvalue weighted by Crippen LogP contribution is 2.34. The molecule has 0 amide bonds. The smallest absolute Gasteiger partial charge is 0.383 e. The Morgan fingerprint density at radius 1 is 1.27 bits per heavy atom. The number of imidazole rings is 1. The molecule has 0 atom stereocenters. The standard InChI is InChI=1S/C22H21BrF3N3O/c1-13-8-16(4-5-17(13)20(30)9-14-2-3-14)29-12-28-21-18(10-15(23)11-19(21)29)27-7-6-22(24,25)26/h4-5,8,10-12,14,27H,2-3,6-7,9H2,1H3. The van der Waals surface area contributed by atoms with Gasteiger partial charge in [-0.2, -0.15) is 13.2 Å². The summed E-state index contributed by atoms with van der Waals surface area (Å²) in [7, 11) is 0. The van der Waals surface area contributed by atoms with Gasteiger partial charge in [-0.1, -0.05) is 15.9 Å². The van der Waals surface area contributed by atoms with Gasteiger partial charge in [-0.25, -0.2) is 4.98 Å². The molecule has 1 aliphatic carbocycles. The molecule has 0 radical (unpaired) electrons. The Hall–Kier alpha value is -2.35. The highest BCUT2D eigenvalue weighted by molar-refractivity contribution is 9.10. The molecule has 4 rings (SSSR count). The second-order valence-electron chi connectivity index (χ2n) is 7.80. The van der Waals surface area contributed by atoms with Crippen LogP contribution >= 0.6 is 15.9 Å². The van der Waals surface area contributed by atoms with Gasteiger partial charge in [0.2, 0.25) is 0 Å². The lowest BCUT2D eigenvalue weighted by atomic mass is 10.0. The third kappa shape index (κ3) is 4.69. The number of benzene rings is 2. The molecule has 4 nitrogen and oxygen atoms in total. The van der Waals surface area contributed by atoms with Crippen LogP contribution in [0, 0.1) is 12.8 Å². The average Bonchev–Trinajstić information content (AvgIpc) is 3.36. The predicted octanol–water partition coefficient (Wildman–Crippen LogP) is 6.44. The second kappa shape index (κ2) is 8.06. The van der Waals surface area contributed by atoms with E-state index in [1.54, 1.807) is 12.4 Å². The number of nitrogens with one attached hydrogen (secondary N) is 1. The zero-order valence-corrected chi connectivity index (χ0v) is 18.0. The van der Waals surface area contributed by atoms with Gasteiger partial charge in [-0.05, 0) is 61.6 Å². The molecule has 0 spiro atoms. The first-order chi connectivity index (χ1) is 14.2. The van der Waals surface area contributed by atoms with Crippen LogP contribution in [0.15, 0.2) is 41.1 Å². The van der Waals surface area contributed by atoms with Gasteiger partial charge in [-0.3, -0.25) is 9.36 Å². The monoisotopic (exact) mass is 479 g/mol. The number of fused-ring (bicyclic) bond motifs is 1. The summed E-state index contributed by atoms with van der Waals surface area (Å²) in [5.74, 6) is 0.714. The van der Waals surface area contributed by atoms with Gasteiger partial charge >= 0.3 is 6.18 Å². The molecule has 30 heavy (non-hydrogen) atoms. The maximum Gasteiger partial charge on any atom is 0.390 e. The number of anilines is 1. The zero-order chi connectivity index (χ0) is 21.5. The fraction of sp³-hybridized carbons (Fsp3) is 0.364. The predicted molar refractivity (Wildman–Crippen MR) is 114 cm³/mol. The first kappa shape index (κ1) is 20.9. The van der Waals surface area contributed by atoms with Crippen LogP contribution in [0.3, 0.4) is 0 Å². The molecule has 1 aromatic heterocycles. The minimum absolute atomic E-state index is 0.177. The van der Waals surface area contributed by atoms with Crippen molar-refractivity contribution in [2.45, 2.75) is 38.8 Å². The summed E-state index contributed by atoms with van der Waals surface area (Å²) in [5, 5.41) is 2.84. The number of halogens is 4. The van der Waals surface area contributed by atoms with Crippen molar-refractivity contribution in [1.29, 1.82) is 0 Å². The Bertz CT molecular complexity index is 1100. The van der Waals surface area contributed by atoms with Crippen molar-refractivity contribution in [2.24, 2.45) is 5.92 Å². The van der Waals surface area contributed by atoms with E-state index >= 15 is 0 Å². The Balaban J connectivity index is 1.63. The number of nitrogens with zero attached hydrogens (tertiary/aromatic N) is 2. The van der Waals surface area contributed by atoms with Crippen molar-refractivity contribution in [3.8, 4) is 5.69 Å². The fourth-order valence-corrected chi connectivity index (χ4v) is 4.01. The third-order valence-corrected chi connectivity index (χ3v) is 5.76. The van der Waals surface area contributed by atoms with Crippen LogP contribution in [0.4, 0.5) is 18.9 Å². The first-order valence-electron chi connectivity index (χ1n) is 9.83. The lowest BCUT2D eigenvalue weighted by molar-refractivity contribution is -0.131. The van der Waals surface area contributed by atoms with Crippen LogP contribution in [0.5, 0.6) is 0 Å². The highest BCUT2D eigenvalue weighted by atomic mass is 79.9. The van der Waals surface area contributed by atoms with Crippen molar-refractivity contribution in [2.75, 3.05) is 11.9 Å². The van der Waals surface area contributed by atoms with Crippen molar-refractivity contribution in [1.82, 2.24) is 9.55 Å². The normalized spacial score (nSPS) is 14.3. The molecule has 1 aliphatic rings. The van der Waals surface area contributed by atoms with E-state index in [9.17, 15) is 18.0 Å². The molecule has 0 aliphatic heterocycles. The summed E-state index contributed by atoms with van der Waals surface area (Å²) in [6.07, 6.45) is -0.609. The summed E-state index contributed by atoms with van der Waals surface area (Å²) in [5.41, 5.74) is 4.37. The number of rotatable bonds is 7. The molecular formula is C22H21BrF3N3O. The molecule has 0 saturated heterocycles. The molecule has 1 saturated carbocycles. The number of aryl methyl sites for hydroxylation is 1. The second-order valence-corrected chi connectivity index (χ2v) is 8.71. The molecule has 0 bridgehead atoms. The van der Waals surface area contributed by atoms with E-state index in [2.05, 4.69) is 26.2 Å². The van der Waals surface area contributed by atoms with Crippen molar-refractivity contribution >= 4 is 38.4 Å². The summed E-state index contributed by atoms with van der Waals surface area (Å²) in [6.45, 7) is 1.70. The van der Waals surface area contributed by atoms with E-state index in [0.29, 0.717) is 23.5 Å². The maximum absolute atomic E-state index is 12.5. The molecule has 8 heteroatoms.